The molecule has 2 aromatic carbocycles. The molecule has 22 heavy (non-hydrogen) atoms. The van der Waals surface area contributed by atoms with E-state index in [9.17, 15) is 4.79 Å². The highest BCUT2D eigenvalue weighted by Crippen LogP contribution is 2.29. The molecule has 0 saturated heterocycles. The van der Waals surface area contributed by atoms with Crippen molar-refractivity contribution in [1.29, 1.82) is 0 Å². The number of rotatable bonds is 7. The largest absolute Gasteiger partial charge is 0.489 e. The van der Waals surface area contributed by atoms with E-state index in [2.05, 4.69) is 0 Å². The van der Waals surface area contributed by atoms with Crippen molar-refractivity contribution in [1.82, 2.24) is 0 Å². The van der Waals surface area contributed by atoms with E-state index in [1.54, 1.807) is 6.07 Å². The smallest absolute Gasteiger partial charge is 0.335 e. The Morgan fingerprint density at radius 3 is 2.41 bits per heavy atom. The van der Waals surface area contributed by atoms with Gasteiger partial charge >= 0.3 is 5.97 Å². The van der Waals surface area contributed by atoms with E-state index >= 15 is 0 Å². The second kappa shape index (κ2) is 7.50. The van der Waals surface area contributed by atoms with Gasteiger partial charge in [-0.3, -0.25) is 0 Å². The normalized spacial score (nSPS) is 10.5. The van der Waals surface area contributed by atoms with E-state index < -0.39 is 5.97 Å². The van der Waals surface area contributed by atoms with Crippen LogP contribution >= 0.6 is 0 Å². The van der Waals surface area contributed by atoms with Crippen LogP contribution in [0.15, 0.2) is 48.5 Å². The Labute approximate surface area is 130 Å². The van der Waals surface area contributed by atoms with Crippen molar-refractivity contribution in [2.45, 2.75) is 20.5 Å². The first kappa shape index (κ1) is 15.9. The molecule has 2 aromatic rings. The number of carboxylic acid groups (broad SMARTS) is 1. The number of aromatic carboxylic acids is 1. The molecular weight excluding hydrogens is 280 g/mol. The Bertz CT molecular complexity index is 620. The highest BCUT2D eigenvalue weighted by molar-refractivity contribution is 5.88. The second-order valence-electron chi connectivity index (χ2n) is 5.45. The van der Waals surface area contributed by atoms with E-state index in [4.69, 9.17) is 14.6 Å². The van der Waals surface area contributed by atoms with Gasteiger partial charge in [-0.05, 0) is 29.7 Å². The van der Waals surface area contributed by atoms with Crippen LogP contribution in [0.25, 0.3) is 0 Å². The van der Waals surface area contributed by atoms with Gasteiger partial charge in [0.1, 0.15) is 6.61 Å². The Balaban J connectivity index is 2.15. The molecule has 0 bridgehead atoms. The van der Waals surface area contributed by atoms with Crippen LogP contribution < -0.4 is 9.47 Å². The van der Waals surface area contributed by atoms with Crippen molar-refractivity contribution in [3.63, 3.8) is 0 Å². The van der Waals surface area contributed by atoms with E-state index in [1.165, 1.54) is 12.1 Å². The Hall–Kier alpha value is -2.49. The van der Waals surface area contributed by atoms with Crippen LogP contribution in [0.4, 0.5) is 0 Å². The minimum atomic E-state index is -0.982. The van der Waals surface area contributed by atoms with Crippen molar-refractivity contribution < 1.29 is 19.4 Å². The fraction of sp³-hybridized carbons (Fsp3) is 0.278. The molecule has 2 rings (SSSR count). The molecule has 0 aromatic heterocycles. The summed E-state index contributed by atoms with van der Waals surface area (Å²) in [6.45, 7) is 4.98. The molecule has 1 N–H and O–H groups in total. The number of carboxylic acids is 1. The van der Waals surface area contributed by atoms with Gasteiger partial charge in [-0.25, -0.2) is 4.79 Å². The van der Waals surface area contributed by atoms with Crippen LogP contribution in [0.2, 0.25) is 0 Å². The van der Waals surface area contributed by atoms with Crippen LogP contribution in [0, 0.1) is 5.92 Å². The molecule has 0 atom stereocenters. The number of benzene rings is 2. The van der Waals surface area contributed by atoms with Gasteiger partial charge in [-0.1, -0.05) is 44.2 Å². The average Bonchev–Trinajstić information content (AvgIpc) is 2.52. The number of hydrogen-bond acceptors (Lipinski definition) is 3. The molecule has 0 aliphatic rings. The average molecular weight is 300 g/mol. The first-order valence-corrected chi connectivity index (χ1v) is 7.23. The van der Waals surface area contributed by atoms with Gasteiger partial charge in [0.25, 0.3) is 0 Å². The molecule has 0 heterocycles. The van der Waals surface area contributed by atoms with Crippen molar-refractivity contribution in [2.75, 3.05) is 6.61 Å². The maximum atomic E-state index is 11.1. The minimum Gasteiger partial charge on any atom is -0.489 e. The van der Waals surface area contributed by atoms with Crippen molar-refractivity contribution in [3.8, 4) is 11.5 Å². The van der Waals surface area contributed by atoms with Crippen molar-refractivity contribution in [2.24, 2.45) is 5.92 Å². The fourth-order valence-corrected chi connectivity index (χ4v) is 1.86. The summed E-state index contributed by atoms with van der Waals surface area (Å²) < 4.78 is 11.5. The summed E-state index contributed by atoms with van der Waals surface area (Å²) in [7, 11) is 0. The summed E-state index contributed by atoms with van der Waals surface area (Å²) in [5.74, 6) is 0.374. The summed E-state index contributed by atoms with van der Waals surface area (Å²) in [6.07, 6.45) is 0. The molecule has 0 radical (unpaired) electrons. The third kappa shape index (κ3) is 4.52. The topological polar surface area (TPSA) is 55.8 Å². The third-order valence-corrected chi connectivity index (χ3v) is 3.00. The molecule has 0 saturated carbocycles. The van der Waals surface area contributed by atoms with Crippen LogP contribution in [0.3, 0.4) is 0 Å². The van der Waals surface area contributed by atoms with Crippen LogP contribution in [-0.2, 0) is 6.61 Å². The highest BCUT2D eigenvalue weighted by Gasteiger charge is 2.11. The standard InChI is InChI=1S/C18H20O4/c1-13(2)11-21-17-10-15(18(19)20)8-9-16(17)22-12-14-6-4-3-5-7-14/h3-10,13H,11-12H2,1-2H3,(H,19,20). The van der Waals surface area contributed by atoms with Gasteiger partial charge in [0, 0.05) is 0 Å². The predicted octanol–water partition coefficient (Wildman–Crippen LogP) is 4.00. The Morgan fingerprint density at radius 2 is 1.77 bits per heavy atom. The maximum Gasteiger partial charge on any atom is 0.335 e. The number of hydrogen-bond donors (Lipinski definition) is 1. The van der Waals surface area contributed by atoms with Crippen LogP contribution in [-0.4, -0.2) is 17.7 Å². The molecule has 0 spiro atoms. The van der Waals surface area contributed by atoms with Gasteiger partial charge in [-0.15, -0.1) is 0 Å². The zero-order chi connectivity index (χ0) is 15.9. The molecule has 0 fully saturated rings. The quantitative estimate of drug-likeness (QED) is 0.839. The number of carbonyl (C=O) groups is 1. The molecule has 0 aliphatic heterocycles. The van der Waals surface area contributed by atoms with Crippen molar-refractivity contribution >= 4 is 5.97 Å². The molecule has 116 valence electrons. The summed E-state index contributed by atoms with van der Waals surface area (Å²) >= 11 is 0. The van der Waals surface area contributed by atoms with Gasteiger partial charge in [-0.2, -0.15) is 0 Å². The van der Waals surface area contributed by atoms with Crippen LogP contribution in [0.1, 0.15) is 29.8 Å². The second-order valence-corrected chi connectivity index (χ2v) is 5.45. The summed E-state index contributed by atoms with van der Waals surface area (Å²) in [5, 5.41) is 9.09. The molecule has 0 amide bonds. The molecule has 4 heteroatoms. The van der Waals surface area contributed by atoms with Crippen LogP contribution in [0.5, 0.6) is 11.5 Å². The summed E-state index contributed by atoms with van der Waals surface area (Å²) in [6, 6.07) is 14.5. The van der Waals surface area contributed by atoms with Gasteiger partial charge in [0.2, 0.25) is 0 Å². The van der Waals surface area contributed by atoms with Crippen molar-refractivity contribution in [3.05, 3.63) is 59.7 Å². The zero-order valence-corrected chi connectivity index (χ0v) is 12.8. The lowest BCUT2D eigenvalue weighted by molar-refractivity contribution is 0.0696. The maximum absolute atomic E-state index is 11.1. The van der Waals surface area contributed by atoms with E-state index in [0.717, 1.165) is 5.56 Å². The van der Waals surface area contributed by atoms with Gasteiger partial charge in [0.15, 0.2) is 11.5 Å². The zero-order valence-electron chi connectivity index (χ0n) is 12.8. The summed E-state index contributed by atoms with van der Waals surface area (Å²) in [5.41, 5.74) is 1.23. The lowest BCUT2D eigenvalue weighted by atomic mass is 10.2. The first-order chi connectivity index (χ1) is 10.6. The van der Waals surface area contributed by atoms with Gasteiger partial charge < -0.3 is 14.6 Å². The predicted molar refractivity (Wildman–Crippen MR) is 84.5 cm³/mol. The minimum absolute atomic E-state index is 0.186. The van der Waals surface area contributed by atoms with E-state index in [-0.39, 0.29) is 5.56 Å². The van der Waals surface area contributed by atoms with E-state index in [1.807, 2.05) is 44.2 Å². The van der Waals surface area contributed by atoms with Gasteiger partial charge in [0.05, 0.1) is 12.2 Å². The molecule has 4 nitrogen and oxygen atoms in total. The lowest BCUT2D eigenvalue weighted by Gasteiger charge is -2.14. The molecule has 0 aliphatic carbocycles. The molecular formula is C18H20O4. The summed E-state index contributed by atoms with van der Waals surface area (Å²) in [4.78, 5) is 11.1. The monoisotopic (exact) mass is 300 g/mol. The molecule has 0 unspecified atom stereocenters. The SMILES string of the molecule is CC(C)COc1cc(C(=O)O)ccc1OCc1ccccc1. The Morgan fingerprint density at radius 1 is 1.05 bits per heavy atom. The lowest BCUT2D eigenvalue weighted by Crippen LogP contribution is -2.07. The Kier molecular flexibility index (Phi) is 5.42. The van der Waals surface area contributed by atoms with E-state index in [0.29, 0.717) is 30.6 Å². The third-order valence-electron chi connectivity index (χ3n) is 3.00. The fourth-order valence-electron chi connectivity index (χ4n) is 1.86. The highest BCUT2D eigenvalue weighted by atomic mass is 16.5. The number of ether oxygens (including phenoxy) is 2. The first-order valence-electron chi connectivity index (χ1n) is 7.23.